The highest BCUT2D eigenvalue weighted by Gasteiger charge is 2.33. The molecule has 0 aliphatic heterocycles. The first-order valence-corrected chi connectivity index (χ1v) is 11.9. The molecule has 160 valence electrons. The zero-order valence-corrected chi connectivity index (χ0v) is 17.8. The minimum atomic E-state index is -4.07. The van der Waals surface area contributed by atoms with Crippen molar-refractivity contribution in [3.8, 4) is 5.75 Å². The number of sulfonamides is 1. The van der Waals surface area contributed by atoms with Gasteiger partial charge in [0.05, 0.1) is 23.2 Å². The highest BCUT2D eigenvalue weighted by Crippen LogP contribution is 2.30. The third kappa shape index (κ3) is 4.55. The quantitative estimate of drug-likeness (QED) is 0.526. The zero-order chi connectivity index (χ0) is 21.9. The predicted octanol–water partition coefficient (Wildman–Crippen LogP) is 3.23. The summed E-state index contributed by atoms with van der Waals surface area (Å²) in [7, 11) is -6.61. The van der Waals surface area contributed by atoms with E-state index in [1.54, 1.807) is 6.92 Å². The summed E-state index contributed by atoms with van der Waals surface area (Å²) in [5.41, 5.74) is 0.613. The molecule has 1 unspecified atom stereocenters. The van der Waals surface area contributed by atoms with Gasteiger partial charge < -0.3 is 9.15 Å². The number of methoxy groups -OCH3 is 1. The second-order valence-electron chi connectivity index (χ2n) is 6.49. The summed E-state index contributed by atoms with van der Waals surface area (Å²) in [6, 6.07) is 11.6. The van der Waals surface area contributed by atoms with Crippen LogP contribution in [-0.2, 0) is 19.9 Å². The van der Waals surface area contributed by atoms with Crippen LogP contribution in [0.15, 0.2) is 75.1 Å². The minimum absolute atomic E-state index is 0.0295. The topological polar surface area (TPSA) is 103 Å². The summed E-state index contributed by atoms with van der Waals surface area (Å²) < 4.78 is 77.6. The Morgan fingerprint density at radius 3 is 2.27 bits per heavy atom. The Morgan fingerprint density at radius 1 is 1.03 bits per heavy atom. The number of hydrogen-bond acceptors (Lipinski definition) is 6. The largest absolute Gasteiger partial charge is 0.496 e. The first-order chi connectivity index (χ1) is 14.1. The molecule has 0 saturated carbocycles. The number of nitrogens with one attached hydrogen (secondary N) is 1. The SMILES string of the molecule is COc1ccc(S(=O)(=O)NCC(c2ccco2)S(=O)(=O)c2ccc(F)cc2)cc1C. The van der Waals surface area contributed by atoms with Crippen molar-refractivity contribution in [2.24, 2.45) is 0 Å². The summed E-state index contributed by atoms with van der Waals surface area (Å²) in [4.78, 5) is -0.178. The van der Waals surface area contributed by atoms with E-state index in [0.717, 1.165) is 24.3 Å². The maximum Gasteiger partial charge on any atom is 0.240 e. The second kappa shape index (κ2) is 8.58. The van der Waals surface area contributed by atoms with E-state index >= 15 is 0 Å². The van der Waals surface area contributed by atoms with E-state index in [4.69, 9.17) is 9.15 Å². The van der Waals surface area contributed by atoms with Crippen LogP contribution in [0.3, 0.4) is 0 Å². The van der Waals surface area contributed by atoms with Crippen molar-refractivity contribution in [2.75, 3.05) is 13.7 Å². The van der Waals surface area contributed by atoms with E-state index in [2.05, 4.69) is 4.72 Å². The lowest BCUT2D eigenvalue weighted by Crippen LogP contribution is -2.32. The Kier molecular flexibility index (Phi) is 6.30. The molecule has 3 aromatic rings. The molecule has 0 saturated heterocycles. The van der Waals surface area contributed by atoms with Crippen LogP contribution in [0.4, 0.5) is 4.39 Å². The van der Waals surface area contributed by atoms with Crippen LogP contribution < -0.4 is 9.46 Å². The van der Waals surface area contributed by atoms with Gasteiger partial charge in [0.2, 0.25) is 10.0 Å². The standard InChI is InChI=1S/C20H20FNO6S2/c1-14-12-17(9-10-18(14)27-2)30(25,26)22-13-20(19-4-3-11-28-19)29(23,24)16-7-5-15(21)6-8-16/h3-12,20,22H,13H2,1-2H3. The summed E-state index contributed by atoms with van der Waals surface area (Å²) in [6.45, 7) is 1.23. The molecule has 7 nitrogen and oxygen atoms in total. The summed E-state index contributed by atoms with van der Waals surface area (Å²) in [5, 5.41) is -1.34. The van der Waals surface area contributed by atoms with Gasteiger partial charge in [-0.25, -0.2) is 25.9 Å². The van der Waals surface area contributed by atoms with Crippen LogP contribution in [0, 0.1) is 12.7 Å². The van der Waals surface area contributed by atoms with Gasteiger partial charge in [-0.15, -0.1) is 0 Å². The lowest BCUT2D eigenvalue weighted by atomic mass is 10.2. The van der Waals surface area contributed by atoms with E-state index in [9.17, 15) is 21.2 Å². The fourth-order valence-electron chi connectivity index (χ4n) is 2.91. The van der Waals surface area contributed by atoms with Crippen molar-refractivity contribution < 1.29 is 30.4 Å². The van der Waals surface area contributed by atoms with Crippen LogP contribution in [0.1, 0.15) is 16.6 Å². The van der Waals surface area contributed by atoms with E-state index in [1.165, 1.54) is 43.7 Å². The predicted molar refractivity (Wildman–Crippen MR) is 108 cm³/mol. The Balaban J connectivity index is 1.91. The molecule has 1 atom stereocenters. The maximum atomic E-state index is 13.2. The number of rotatable bonds is 8. The first kappa shape index (κ1) is 22.0. The van der Waals surface area contributed by atoms with Gasteiger partial charge in [-0.05, 0) is 67.1 Å². The molecule has 0 radical (unpaired) electrons. The molecule has 30 heavy (non-hydrogen) atoms. The molecule has 0 bridgehead atoms. The molecule has 3 rings (SSSR count). The molecule has 1 aromatic heterocycles. The van der Waals surface area contributed by atoms with Gasteiger partial charge in [0, 0.05) is 6.54 Å². The van der Waals surface area contributed by atoms with Crippen LogP contribution in [0.2, 0.25) is 0 Å². The monoisotopic (exact) mass is 453 g/mol. The van der Waals surface area contributed by atoms with Crippen molar-refractivity contribution in [3.05, 3.63) is 78.0 Å². The van der Waals surface area contributed by atoms with Crippen LogP contribution in [0.5, 0.6) is 5.75 Å². The third-order valence-electron chi connectivity index (χ3n) is 4.51. The zero-order valence-electron chi connectivity index (χ0n) is 16.2. The van der Waals surface area contributed by atoms with Crippen LogP contribution in [-0.4, -0.2) is 30.5 Å². The van der Waals surface area contributed by atoms with Gasteiger partial charge >= 0.3 is 0 Å². The van der Waals surface area contributed by atoms with Crippen LogP contribution >= 0.6 is 0 Å². The molecular weight excluding hydrogens is 433 g/mol. The highest BCUT2D eigenvalue weighted by atomic mass is 32.2. The lowest BCUT2D eigenvalue weighted by molar-refractivity contribution is 0.411. The number of furan rings is 1. The molecule has 1 heterocycles. The normalized spacial score (nSPS) is 13.2. The molecule has 0 fully saturated rings. The van der Waals surface area contributed by atoms with Gasteiger partial charge in [-0.1, -0.05) is 0 Å². The van der Waals surface area contributed by atoms with E-state index < -0.39 is 37.5 Å². The second-order valence-corrected chi connectivity index (χ2v) is 10.4. The van der Waals surface area contributed by atoms with Gasteiger partial charge in [0.1, 0.15) is 22.6 Å². The van der Waals surface area contributed by atoms with E-state index in [0.29, 0.717) is 11.3 Å². The Hall–Kier alpha value is -2.69. The molecule has 10 heteroatoms. The van der Waals surface area contributed by atoms with E-state index in [1.807, 2.05) is 0 Å². The molecule has 0 aliphatic rings. The Morgan fingerprint density at radius 2 is 1.70 bits per heavy atom. The maximum absolute atomic E-state index is 13.2. The molecule has 0 aliphatic carbocycles. The van der Waals surface area contributed by atoms with Crippen molar-refractivity contribution in [1.29, 1.82) is 0 Å². The number of halogens is 1. The summed E-state index contributed by atoms with van der Waals surface area (Å²) in [6.07, 6.45) is 1.30. The number of hydrogen-bond donors (Lipinski definition) is 1. The number of sulfone groups is 1. The number of aryl methyl sites for hydroxylation is 1. The van der Waals surface area contributed by atoms with E-state index in [-0.39, 0.29) is 15.6 Å². The van der Waals surface area contributed by atoms with Crippen LogP contribution in [0.25, 0.3) is 0 Å². The van der Waals surface area contributed by atoms with Crippen molar-refractivity contribution in [3.63, 3.8) is 0 Å². The molecule has 0 spiro atoms. The third-order valence-corrected chi connectivity index (χ3v) is 8.01. The smallest absolute Gasteiger partial charge is 0.240 e. The molecule has 1 N–H and O–H groups in total. The van der Waals surface area contributed by atoms with Gasteiger partial charge in [0.15, 0.2) is 9.84 Å². The summed E-state index contributed by atoms with van der Waals surface area (Å²) >= 11 is 0. The van der Waals surface area contributed by atoms with Crippen molar-refractivity contribution in [1.82, 2.24) is 4.72 Å². The summed E-state index contributed by atoms with van der Waals surface area (Å²) in [5.74, 6) is 0.00770. The van der Waals surface area contributed by atoms with Gasteiger partial charge in [0.25, 0.3) is 0 Å². The Bertz CT molecular complexity index is 1220. The van der Waals surface area contributed by atoms with Gasteiger partial charge in [-0.2, -0.15) is 0 Å². The molecule has 0 amide bonds. The van der Waals surface area contributed by atoms with Crippen molar-refractivity contribution in [2.45, 2.75) is 22.0 Å². The Labute approximate surface area is 174 Å². The number of benzene rings is 2. The average molecular weight is 454 g/mol. The average Bonchev–Trinajstić information content (AvgIpc) is 3.22. The van der Waals surface area contributed by atoms with Crippen molar-refractivity contribution >= 4 is 19.9 Å². The molecular formula is C20H20FNO6S2. The fourth-order valence-corrected chi connectivity index (χ4v) is 5.74. The fraction of sp³-hybridized carbons (Fsp3) is 0.200. The first-order valence-electron chi connectivity index (χ1n) is 8.82. The minimum Gasteiger partial charge on any atom is -0.496 e. The lowest BCUT2D eigenvalue weighted by Gasteiger charge is -2.17. The molecule has 2 aromatic carbocycles. The highest BCUT2D eigenvalue weighted by molar-refractivity contribution is 7.92. The van der Waals surface area contributed by atoms with Gasteiger partial charge in [-0.3, -0.25) is 0 Å². The number of ether oxygens (including phenoxy) is 1.